The number of hydrogen-bond acceptors (Lipinski definition) is 5. The molecule has 1 atom stereocenters. The van der Waals surface area contributed by atoms with Gasteiger partial charge in [-0.1, -0.05) is 13.3 Å². The van der Waals surface area contributed by atoms with E-state index in [2.05, 4.69) is 5.32 Å². The summed E-state index contributed by atoms with van der Waals surface area (Å²) in [6, 6.07) is 3.39. The van der Waals surface area contributed by atoms with Crippen LogP contribution in [0.15, 0.2) is 18.2 Å². The maximum absolute atomic E-state index is 11.1. The third-order valence-electron chi connectivity index (χ3n) is 2.63. The summed E-state index contributed by atoms with van der Waals surface area (Å²) < 4.78 is 5.25. The smallest absolute Gasteiger partial charge is 0.326 e. The first kappa shape index (κ1) is 15.7. The number of benzene rings is 1. The van der Waals surface area contributed by atoms with E-state index in [0.29, 0.717) is 30.9 Å². The standard InChI is InChI=1S/C13H18N2O5/c1-3-5-12(13(16)17)14-9-6-10(15(18)19)8-11(7-9)20-4-2/h6-8,12,14H,3-5H2,1-2H3,(H,16,17). The number of hydrogen-bond donors (Lipinski definition) is 2. The van der Waals surface area contributed by atoms with E-state index in [4.69, 9.17) is 9.84 Å². The van der Waals surface area contributed by atoms with Gasteiger partial charge in [0.25, 0.3) is 5.69 Å². The fourth-order valence-corrected chi connectivity index (χ4v) is 1.77. The van der Waals surface area contributed by atoms with Crippen molar-refractivity contribution < 1.29 is 19.6 Å². The van der Waals surface area contributed by atoms with Gasteiger partial charge < -0.3 is 15.2 Å². The minimum atomic E-state index is -0.990. The van der Waals surface area contributed by atoms with Crippen molar-refractivity contribution in [3.05, 3.63) is 28.3 Å². The molecule has 7 nitrogen and oxygen atoms in total. The highest BCUT2D eigenvalue weighted by Crippen LogP contribution is 2.27. The highest BCUT2D eigenvalue weighted by Gasteiger charge is 2.18. The summed E-state index contributed by atoms with van der Waals surface area (Å²) in [7, 11) is 0. The van der Waals surface area contributed by atoms with Gasteiger partial charge in [0.05, 0.1) is 17.6 Å². The SMILES string of the molecule is CCCC(Nc1cc(OCC)cc([N+](=O)[O-])c1)C(=O)O. The Labute approximate surface area is 116 Å². The molecule has 7 heteroatoms. The number of nitro groups is 1. The van der Waals surface area contributed by atoms with Crippen molar-refractivity contribution in [3.63, 3.8) is 0 Å². The monoisotopic (exact) mass is 282 g/mol. The molecule has 1 unspecified atom stereocenters. The Balaban J connectivity index is 3.02. The first-order valence-corrected chi connectivity index (χ1v) is 6.39. The number of nitro benzene ring substituents is 1. The minimum absolute atomic E-state index is 0.140. The van der Waals surface area contributed by atoms with Crippen LogP contribution in [0.4, 0.5) is 11.4 Å². The Hall–Kier alpha value is -2.31. The quantitative estimate of drug-likeness (QED) is 0.561. The van der Waals surface area contributed by atoms with Crippen molar-refractivity contribution in [2.24, 2.45) is 0 Å². The van der Waals surface area contributed by atoms with Crippen LogP contribution in [0.25, 0.3) is 0 Å². The van der Waals surface area contributed by atoms with Gasteiger partial charge in [-0.05, 0) is 13.3 Å². The summed E-state index contributed by atoms with van der Waals surface area (Å²) in [6.45, 7) is 4.01. The lowest BCUT2D eigenvalue weighted by molar-refractivity contribution is -0.384. The topological polar surface area (TPSA) is 102 Å². The Morgan fingerprint density at radius 2 is 2.15 bits per heavy atom. The van der Waals surface area contributed by atoms with E-state index in [1.165, 1.54) is 12.1 Å². The van der Waals surface area contributed by atoms with Gasteiger partial charge in [0.15, 0.2) is 0 Å². The number of aliphatic carboxylic acids is 1. The van der Waals surface area contributed by atoms with Gasteiger partial charge in [0, 0.05) is 17.8 Å². The molecule has 0 fully saturated rings. The number of carboxylic acids is 1. The Morgan fingerprint density at radius 1 is 1.45 bits per heavy atom. The summed E-state index contributed by atoms with van der Waals surface area (Å²) in [6.07, 6.45) is 1.12. The molecule has 2 N–H and O–H groups in total. The number of non-ortho nitro benzene ring substituents is 1. The van der Waals surface area contributed by atoms with Crippen molar-refractivity contribution in [1.82, 2.24) is 0 Å². The van der Waals surface area contributed by atoms with E-state index in [1.54, 1.807) is 13.0 Å². The van der Waals surface area contributed by atoms with Gasteiger partial charge in [0.1, 0.15) is 11.8 Å². The van der Waals surface area contributed by atoms with Crippen molar-refractivity contribution in [3.8, 4) is 5.75 Å². The molecule has 1 aromatic rings. The first-order valence-electron chi connectivity index (χ1n) is 6.39. The van der Waals surface area contributed by atoms with Gasteiger partial charge >= 0.3 is 5.97 Å². The van der Waals surface area contributed by atoms with Gasteiger partial charge in [0.2, 0.25) is 0 Å². The average Bonchev–Trinajstić information content (AvgIpc) is 2.38. The second-order valence-electron chi connectivity index (χ2n) is 4.23. The summed E-state index contributed by atoms with van der Waals surface area (Å²) in [4.78, 5) is 21.4. The lowest BCUT2D eigenvalue weighted by atomic mass is 10.1. The molecule has 1 rings (SSSR count). The molecule has 0 aliphatic rings. The largest absolute Gasteiger partial charge is 0.494 e. The van der Waals surface area contributed by atoms with Gasteiger partial charge in [-0.3, -0.25) is 10.1 Å². The number of rotatable bonds is 8. The number of ether oxygens (including phenoxy) is 1. The summed E-state index contributed by atoms with van der Waals surface area (Å²) >= 11 is 0. The molecule has 0 bridgehead atoms. The van der Waals surface area contributed by atoms with Crippen LogP contribution < -0.4 is 10.1 Å². The summed E-state index contributed by atoms with van der Waals surface area (Å²) in [5, 5.41) is 22.7. The number of carboxylic acid groups (broad SMARTS) is 1. The molecule has 1 aromatic carbocycles. The number of carbonyl (C=O) groups is 1. The van der Waals surface area contributed by atoms with E-state index in [-0.39, 0.29) is 5.69 Å². The molecule has 0 spiro atoms. The van der Waals surface area contributed by atoms with Crippen LogP contribution in [0.5, 0.6) is 5.75 Å². The normalized spacial score (nSPS) is 11.7. The average molecular weight is 282 g/mol. The molecule has 0 amide bonds. The number of nitrogens with one attached hydrogen (secondary N) is 1. The van der Waals surface area contributed by atoms with Crippen LogP contribution in [-0.2, 0) is 4.79 Å². The van der Waals surface area contributed by atoms with Crippen molar-refractivity contribution in [1.29, 1.82) is 0 Å². The predicted octanol–water partition coefficient (Wildman–Crippen LogP) is 2.66. The fourth-order valence-electron chi connectivity index (χ4n) is 1.77. The second kappa shape index (κ2) is 7.32. The summed E-state index contributed by atoms with van der Waals surface area (Å²) in [5.74, 6) is -0.652. The molecule has 0 saturated heterocycles. The van der Waals surface area contributed by atoms with E-state index in [0.717, 1.165) is 0 Å². The van der Waals surface area contributed by atoms with Crippen LogP contribution >= 0.6 is 0 Å². The molecule has 0 radical (unpaired) electrons. The first-order chi connectivity index (χ1) is 9.47. The molecule has 0 aliphatic heterocycles. The van der Waals surface area contributed by atoms with E-state index >= 15 is 0 Å². The van der Waals surface area contributed by atoms with Gasteiger partial charge in [-0.25, -0.2) is 4.79 Å². The minimum Gasteiger partial charge on any atom is -0.494 e. The zero-order valence-electron chi connectivity index (χ0n) is 11.5. The molecule has 0 saturated carbocycles. The van der Waals surface area contributed by atoms with E-state index in [9.17, 15) is 14.9 Å². The molecular weight excluding hydrogens is 264 g/mol. The van der Waals surface area contributed by atoms with Crippen LogP contribution in [0.2, 0.25) is 0 Å². The van der Waals surface area contributed by atoms with Crippen LogP contribution in [0.1, 0.15) is 26.7 Å². The number of anilines is 1. The van der Waals surface area contributed by atoms with Gasteiger partial charge in [-0.15, -0.1) is 0 Å². The molecule has 0 heterocycles. The maximum atomic E-state index is 11.1. The molecule has 0 aliphatic carbocycles. The molecule has 0 aromatic heterocycles. The molecule has 20 heavy (non-hydrogen) atoms. The lowest BCUT2D eigenvalue weighted by Crippen LogP contribution is -2.28. The Bertz CT molecular complexity index is 490. The van der Waals surface area contributed by atoms with Crippen molar-refractivity contribution in [2.75, 3.05) is 11.9 Å². The Morgan fingerprint density at radius 3 is 2.65 bits per heavy atom. The molecule has 110 valence electrons. The number of nitrogens with zero attached hydrogens (tertiary/aromatic N) is 1. The fraction of sp³-hybridized carbons (Fsp3) is 0.462. The third kappa shape index (κ3) is 4.42. The molecular formula is C13H18N2O5. The predicted molar refractivity (Wildman–Crippen MR) is 74.2 cm³/mol. The van der Waals surface area contributed by atoms with E-state index in [1.807, 2.05) is 6.92 Å². The van der Waals surface area contributed by atoms with Gasteiger partial charge in [-0.2, -0.15) is 0 Å². The van der Waals surface area contributed by atoms with E-state index < -0.39 is 16.9 Å². The highest BCUT2D eigenvalue weighted by atomic mass is 16.6. The maximum Gasteiger partial charge on any atom is 0.326 e. The Kier molecular flexibility index (Phi) is 5.76. The van der Waals surface area contributed by atoms with Crippen LogP contribution in [0, 0.1) is 10.1 Å². The third-order valence-corrected chi connectivity index (χ3v) is 2.63. The zero-order valence-corrected chi connectivity index (χ0v) is 11.5. The zero-order chi connectivity index (χ0) is 15.1. The highest BCUT2D eigenvalue weighted by molar-refractivity contribution is 5.77. The van der Waals surface area contributed by atoms with Crippen molar-refractivity contribution >= 4 is 17.3 Å². The second-order valence-corrected chi connectivity index (χ2v) is 4.23. The van der Waals surface area contributed by atoms with Crippen LogP contribution in [-0.4, -0.2) is 28.6 Å². The van der Waals surface area contributed by atoms with Crippen LogP contribution in [0.3, 0.4) is 0 Å². The summed E-state index contributed by atoms with van der Waals surface area (Å²) in [5.41, 5.74) is 0.225. The lowest BCUT2D eigenvalue weighted by Gasteiger charge is -2.15. The van der Waals surface area contributed by atoms with Crippen molar-refractivity contribution in [2.45, 2.75) is 32.7 Å².